The molecule has 0 spiro atoms. The molecule has 1 aliphatic carbocycles. The van der Waals surface area contributed by atoms with Crippen LogP contribution >= 0.6 is 0 Å². The maximum atomic E-state index is 12.5. The summed E-state index contributed by atoms with van der Waals surface area (Å²) in [4.78, 5) is 14.4. The number of benzene rings is 1. The molecule has 2 aliphatic rings. The van der Waals surface area contributed by atoms with Crippen LogP contribution in [0.25, 0.3) is 0 Å². The van der Waals surface area contributed by atoms with E-state index in [4.69, 9.17) is 0 Å². The number of carbonyl (C=O) groups is 1. The number of rotatable bonds is 6. The molecule has 0 aromatic heterocycles. The van der Waals surface area contributed by atoms with E-state index in [1.54, 1.807) is 0 Å². The van der Waals surface area contributed by atoms with Crippen LogP contribution in [0.15, 0.2) is 30.3 Å². The third-order valence-electron chi connectivity index (χ3n) is 5.64. The fourth-order valence-electron chi connectivity index (χ4n) is 3.61. The van der Waals surface area contributed by atoms with Crippen LogP contribution in [0, 0.1) is 5.41 Å². The maximum absolute atomic E-state index is 12.5. The Kier molecular flexibility index (Phi) is 4.90. The molecule has 1 saturated heterocycles. The lowest BCUT2D eigenvalue weighted by Crippen LogP contribution is -2.45. The molecule has 23 heavy (non-hydrogen) atoms. The van der Waals surface area contributed by atoms with Crippen molar-refractivity contribution in [1.82, 2.24) is 10.2 Å². The molecule has 126 valence electrons. The summed E-state index contributed by atoms with van der Waals surface area (Å²) in [5.74, 6) is 0. The molecular formula is C19H28N2O2. The van der Waals surface area contributed by atoms with Crippen molar-refractivity contribution in [2.45, 2.75) is 57.6 Å². The number of amides is 2. The summed E-state index contributed by atoms with van der Waals surface area (Å²) in [5, 5.41) is 13.6. The van der Waals surface area contributed by atoms with E-state index in [1.165, 1.54) is 12.8 Å². The molecule has 2 atom stereocenters. The highest BCUT2D eigenvalue weighted by atomic mass is 16.3. The van der Waals surface area contributed by atoms with Crippen molar-refractivity contribution in [3.05, 3.63) is 35.9 Å². The Balaban J connectivity index is 1.54. The first-order valence-corrected chi connectivity index (χ1v) is 8.91. The normalized spacial score (nSPS) is 23.6. The topological polar surface area (TPSA) is 52.6 Å². The number of likely N-dealkylation sites (tertiary alicyclic amines) is 1. The van der Waals surface area contributed by atoms with Crippen molar-refractivity contribution in [3.63, 3.8) is 0 Å². The van der Waals surface area contributed by atoms with Crippen molar-refractivity contribution in [1.29, 1.82) is 0 Å². The molecule has 1 aliphatic heterocycles. The van der Waals surface area contributed by atoms with Gasteiger partial charge in [-0.25, -0.2) is 4.79 Å². The van der Waals surface area contributed by atoms with E-state index in [1.807, 2.05) is 35.2 Å². The molecule has 1 heterocycles. The summed E-state index contributed by atoms with van der Waals surface area (Å²) < 4.78 is 0. The fourth-order valence-corrected chi connectivity index (χ4v) is 3.61. The zero-order valence-electron chi connectivity index (χ0n) is 14.0. The largest absolute Gasteiger partial charge is 0.388 e. The fraction of sp³-hybridized carbons (Fsp3) is 0.632. The second-order valence-electron chi connectivity index (χ2n) is 7.16. The zero-order valence-corrected chi connectivity index (χ0v) is 14.0. The molecule has 2 amide bonds. The monoisotopic (exact) mass is 316 g/mol. The predicted octanol–water partition coefficient (Wildman–Crippen LogP) is 3.47. The minimum Gasteiger partial charge on any atom is -0.388 e. The van der Waals surface area contributed by atoms with Crippen molar-refractivity contribution >= 4 is 6.03 Å². The predicted molar refractivity (Wildman–Crippen MR) is 91.1 cm³/mol. The minimum atomic E-state index is -0.500. The van der Waals surface area contributed by atoms with Crippen LogP contribution in [0.2, 0.25) is 0 Å². The van der Waals surface area contributed by atoms with Crippen molar-refractivity contribution in [2.75, 3.05) is 13.1 Å². The standard InChI is InChI=1S/C19H28N2O2/c1-2-19(10-11-19)14-20-18(23)21-12-6-9-16(21)13-17(22)15-7-4-3-5-8-15/h3-5,7-8,16-17,22H,2,6,9-14H2,1H3,(H,20,23). The van der Waals surface area contributed by atoms with E-state index in [9.17, 15) is 9.90 Å². The SMILES string of the molecule is CCC1(CNC(=O)N2CCCC2CC(O)c2ccccc2)CC1. The van der Waals surface area contributed by atoms with Crippen LogP contribution in [-0.2, 0) is 0 Å². The Hall–Kier alpha value is -1.55. The van der Waals surface area contributed by atoms with E-state index >= 15 is 0 Å². The molecule has 1 saturated carbocycles. The smallest absolute Gasteiger partial charge is 0.317 e. The highest BCUT2D eigenvalue weighted by Gasteiger charge is 2.41. The summed E-state index contributed by atoms with van der Waals surface area (Å²) in [7, 11) is 0. The van der Waals surface area contributed by atoms with Gasteiger partial charge in [0.05, 0.1) is 6.10 Å². The van der Waals surface area contributed by atoms with Gasteiger partial charge in [-0.15, -0.1) is 0 Å². The van der Waals surface area contributed by atoms with Crippen LogP contribution in [0.1, 0.15) is 57.1 Å². The van der Waals surface area contributed by atoms with Crippen LogP contribution in [0.5, 0.6) is 0 Å². The second-order valence-corrected chi connectivity index (χ2v) is 7.16. The molecule has 2 fully saturated rings. The highest BCUT2D eigenvalue weighted by Crippen LogP contribution is 2.47. The van der Waals surface area contributed by atoms with Crippen LogP contribution < -0.4 is 5.32 Å². The summed E-state index contributed by atoms with van der Waals surface area (Å²) in [6, 6.07) is 9.92. The first kappa shape index (κ1) is 16.3. The number of aliphatic hydroxyl groups is 1. The lowest BCUT2D eigenvalue weighted by Gasteiger charge is -2.28. The molecule has 1 aromatic rings. The molecular weight excluding hydrogens is 288 g/mol. The van der Waals surface area contributed by atoms with Gasteiger partial charge in [0, 0.05) is 19.1 Å². The average molecular weight is 316 g/mol. The molecule has 2 N–H and O–H groups in total. The number of aliphatic hydroxyl groups excluding tert-OH is 1. The van der Waals surface area contributed by atoms with Gasteiger partial charge in [0.25, 0.3) is 0 Å². The zero-order chi connectivity index (χ0) is 16.3. The first-order valence-electron chi connectivity index (χ1n) is 8.91. The number of nitrogens with zero attached hydrogens (tertiary/aromatic N) is 1. The Bertz CT molecular complexity index is 527. The number of hydrogen-bond acceptors (Lipinski definition) is 2. The number of carbonyl (C=O) groups excluding carboxylic acids is 1. The summed E-state index contributed by atoms with van der Waals surface area (Å²) in [6.45, 7) is 3.80. The second kappa shape index (κ2) is 6.91. The lowest BCUT2D eigenvalue weighted by molar-refractivity contribution is 0.125. The molecule has 2 unspecified atom stereocenters. The van der Waals surface area contributed by atoms with Crippen LogP contribution in [-0.4, -0.2) is 35.2 Å². The van der Waals surface area contributed by atoms with Gasteiger partial charge in [0.2, 0.25) is 0 Å². The van der Waals surface area contributed by atoms with E-state index in [0.717, 1.165) is 37.9 Å². The van der Waals surface area contributed by atoms with E-state index in [0.29, 0.717) is 11.8 Å². The summed E-state index contributed by atoms with van der Waals surface area (Å²) in [6.07, 6.45) is 5.74. The number of urea groups is 1. The maximum Gasteiger partial charge on any atom is 0.317 e. The van der Waals surface area contributed by atoms with Gasteiger partial charge in [-0.1, -0.05) is 37.3 Å². The summed E-state index contributed by atoms with van der Waals surface area (Å²) in [5.41, 5.74) is 1.30. The molecule has 4 nitrogen and oxygen atoms in total. The van der Waals surface area contributed by atoms with E-state index in [2.05, 4.69) is 12.2 Å². The Labute approximate surface area is 138 Å². The van der Waals surface area contributed by atoms with Crippen LogP contribution in [0.4, 0.5) is 4.79 Å². The first-order chi connectivity index (χ1) is 11.1. The van der Waals surface area contributed by atoms with Crippen molar-refractivity contribution < 1.29 is 9.90 Å². The molecule has 1 aromatic carbocycles. The Morgan fingerprint density at radius 1 is 1.39 bits per heavy atom. The Morgan fingerprint density at radius 2 is 2.13 bits per heavy atom. The molecule has 0 radical (unpaired) electrons. The summed E-state index contributed by atoms with van der Waals surface area (Å²) >= 11 is 0. The van der Waals surface area contributed by atoms with E-state index in [-0.39, 0.29) is 12.1 Å². The van der Waals surface area contributed by atoms with Gasteiger partial charge in [0.1, 0.15) is 0 Å². The lowest BCUT2D eigenvalue weighted by atomic mass is 10.0. The number of hydrogen-bond donors (Lipinski definition) is 2. The minimum absolute atomic E-state index is 0.0486. The molecule has 0 bridgehead atoms. The van der Waals surface area contributed by atoms with E-state index < -0.39 is 6.10 Å². The third-order valence-corrected chi connectivity index (χ3v) is 5.64. The third kappa shape index (κ3) is 3.86. The van der Waals surface area contributed by atoms with Gasteiger partial charge >= 0.3 is 6.03 Å². The molecule has 3 rings (SSSR count). The van der Waals surface area contributed by atoms with Gasteiger partial charge in [0.15, 0.2) is 0 Å². The van der Waals surface area contributed by atoms with Gasteiger partial charge < -0.3 is 15.3 Å². The average Bonchev–Trinajstić information content (AvgIpc) is 3.23. The van der Waals surface area contributed by atoms with Gasteiger partial charge in [-0.3, -0.25) is 0 Å². The Morgan fingerprint density at radius 3 is 2.78 bits per heavy atom. The van der Waals surface area contributed by atoms with Gasteiger partial charge in [-0.2, -0.15) is 0 Å². The number of nitrogens with one attached hydrogen (secondary N) is 1. The highest BCUT2D eigenvalue weighted by molar-refractivity contribution is 5.75. The van der Waals surface area contributed by atoms with Gasteiger partial charge in [-0.05, 0) is 49.5 Å². The molecule has 4 heteroatoms. The quantitative estimate of drug-likeness (QED) is 0.844. The van der Waals surface area contributed by atoms with Crippen molar-refractivity contribution in [3.8, 4) is 0 Å². The van der Waals surface area contributed by atoms with Crippen LogP contribution in [0.3, 0.4) is 0 Å². The van der Waals surface area contributed by atoms with Crippen molar-refractivity contribution in [2.24, 2.45) is 5.41 Å².